The van der Waals surface area contributed by atoms with Gasteiger partial charge in [0.05, 0.1) is 0 Å². The largest absolute Gasteiger partial charge is 0.369 e. The topological polar surface area (TPSA) is 65.2 Å². The van der Waals surface area contributed by atoms with Gasteiger partial charge in [-0.25, -0.2) is 0 Å². The predicted octanol–water partition coefficient (Wildman–Crippen LogP) is 5.34. The number of carbonyl (C=O) groups excluding carboxylic acids is 1. The number of aromatic nitrogens is 1. The third kappa shape index (κ3) is 5.43. The molecule has 5 nitrogen and oxygen atoms in total. The van der Waals surface area contributed by atoms with Crippen LogP contribution in [0.1, 0.15) is 90.7 Å². The van der Waals surface area contributed by atoms with Crippen LogP contribution in [0.15, 0.2) is 23.0 Å². The minimum absolute atomic E-state index is 0.110. The van der Waals surface area contributed by atoms with Gasteiger partial charge in [0.25, 0.3) is 11.5 Å². The molecule has 0 spiro atoms. The van der Waals surface area contributed by atoms with Crippen molar-refractivity contribution < 1.29 is 4.79 Å². The van der Waals surface area contributed by atoms with Crippen molar-refractivity contribution in [2.24, 2.45) is 0 Å². The normalized spacial score (nSPS) is 14.4. The Morgan fingerprint density at radius 3 is 2.44 bits per heavy atom. The van der Waals surface area contributed by atoms with Crippen molar-refractivity contribution in [3.63, 3.8) is 0 Å². The molecular formula is C27H39N3O2. The molecule has 1 aromatic heterocycles. The fourth-order valence-electron chi connectivity index (χ4n) is 5.11. The number of nitrogens with zero attached hydrogens (tertiary/aromatic N) is 1. The summed E-state index contributed by atoms with van der Waals surface area (Å²) >= 11 is 0. The first kappa shape index (κ1) is 24.1. The van der Waals surface area contributed by atoms with Gasteiger partial charge in [0.2, 0.25) is 0 Å². The van der Waals surface area contributed by atoms with Crippen LogP contribution in [0.25, 0.3) is 0 Å². The average molecular weight is 438 g/mol. The smallest absolute Gasteiger partial charge is 0.253 e. The van der Waals surface area contributed by atoms with E-state index in [9.17, 15) is 9.59 Å². The van der Waals surface area contributed by atoms with Crippen molar-refractivity contribution in [3.8, 4) is 0 Å². The summed E-state index contributed by atoms with van der Waals surface area (Å²) in [5.41, 5.74) is 6.37. The van der Waals surface area contributed by atoms with Gasteiger partial charge in [-0.15, -0.1) is 0 Å². The minimum atomic E-state index is -0.130. The van der Waals surface area contributed by atoms with Crippen molar-refractivity contribution >= 4 is 11.6 Å². The Balaban J connectivity index is 1.91. The van der Waals surface area contributed by atoms with Crippen LogP contribution in [0, 0.1) is 20.8 Å². The van der Waals surface area contributed by atoms with Gasteiger partial charge in [0, 0.05) is 41.6 Å². The first-order chi connectivity index (χ1) is 15.3. The molecule has 1 saturated carbocycles. The number of nitrogens with one attached hydrogen (secondary N) is 2. The molecule has 0 radical (unpaired) electrons. The lowest BCUT2D eigenvalue weighted by Crippen LogP contribution is -2.37. The Morgan fingerprint density at radius 2 is 1.81 bits per heavy atom. The lowest BCUT2D eigenvalue weighted by atomic mass is 9.92. The quantitative estimate of drug-likeness (QED) is 0.586. The van der Waals surface area contributed by atoms with E-state index in [-0.39, 0.29) is 18.0 Å². The van der Waals surface area contributed by atoms with E-state index in [4.69, 9.17) is 0 Å². The number of carbonyl (C=O) groups is 1. The van der Waals surface area contributed by atoms with Crippen molar-refractivity contribution in [1.29, 1.82) is 0 Å². The highest BCUT2D eigenvalue weighted by atomic mass is 16.1. The summed E-state index contributed by atoms with van der Waals surface area (Å²) in [5.74, 6) is -0.110. The van der Waals surface area contributed by atoms with E-state index < -0.39 is 0 Å². The number of hydrogen-bond acceptors (Lipinski definition) is 3. The SMILES string of the molecule is CCCc1cc(C(=O)NCc2c(C)cc(C)[nH]c2=O)c(C)c(N(CC)C2CCCCC2)c1. The van der Waals surface area contributed by atoms with E-state index in [1.165, 1.54) is 43.4 Å². The summed E-state index contributed by atoms with van der Waals surface area (Å²) in [6.07, 6.45) is 8.33. The third-order valence-corrected chi connectivity index (χ3v) is 6.81. The van der Waals surface area contributed by atoms with Gasteiger partial charge in [-0.3, -0.25) is 9.59 Å². The average Bonchev–Trinajstić information content (AvgIpc) is 2.76. The lowest BCUT2D eigenvalue weighted by molar-refractivity contribution is 0.0950. The monoisotopic (exact) mass is 437 g/mol. The predicted molar refractivity (Wildman–Crippen MR) is 133 cm³/mol. The first-order valence-electron chi connectivity index (χ1n) is 12.2. The van der Waals surface area contributed by atoms with Crippen LogP contribution in [0.3, 0.4) is 0 Å². The Morgan fingerprint density at radius 1 is 1.09 bits per heavy atom. The molecule has 5 heteroatoms. The number of benzene rings is 1. The van der Waals surface area contributed by atoms with Crippen LogP contribution in [-0.2, 0) is 13.0 Å². The zero-order valence-electron chi connectivity index (χ0n) is 20.4. The fraction of sp³-hybridized carbons (Fsp3) is 0.556. The number of hydrogen-bond donors (Lipinski definition) is 2. The van der Waals surface area contributed by atoms with Crippen LogP contribution in [-0.4, -0.2) is 23.5 Å². The zero-order valence-corrected chi connectivity index (χ0v) is 20.4. The molecule has 1 aliphatic carbocycles. The summed E-state index contributed by atoms with van der Waals surface area (Å²) in [4.78, 5) is 31.0. The molecule has 1 aliphatic rings. The molecule has 2 N–H and O–H groups in total. The maximum Gasteiger partial charge on any atom is 0.253 e. The molecule has 1 amide bonds. The minimum Gasteiger partial charge on any atom is -0.369 e. The van der Waals surface area contributed by atoms with Crippen molar-refractivity contribution in [2.45, 2.75) is 92.2 Å². The van der Waals surface area contributed by atoms with Gasteiger partial charge in [-0.2, -0.15) is 0 Å². The maximum absolute atomic E-state index is 13.3. The van der Waals surface area contributed by atoms with Crippen LogP contribution in [0.2, 0.25) is 0 Å². The lowest BCUT2D eigenvalue weighted by Gasteiger charge is -2.37. The Bertz CT molecular complexity index is 1000. The summed E-state index contributed by atoms with van der Waals surface area (Å²) in [5, 5.41) is 3.01. The van der Waals surface area contributed by atoms with Gasteiger partial charge in [-0.1, -0.05) is 32.6 Å². The summed E-state index contributed by atoms with van der Waals surface area (Å²) < 4.78 is 0. The second-order valence-corrected chi connectivity index (χ2v) is 9.24. The molecule has 1 heterocycles. The molecule has 0 unspecified atom stereocenters. The molecule has 174 valence electrons. The van der Waals surface area contributed by atoms with E-state index in [0.29, 0.717) is 11.6 Å². The molecule has 0 aliphatic heterocycles. The first-order valence-corrected chi connectivity index (χ1v) is 12.2. The molecule has 0 saturated heterocycles. The molecule has 32 heavy (non-hydrogen) atoms. The highest BCUT2D eigenvalue weighted by Gasteiger charge is 2.24. The number of anilines is 1. The van der Waals surface area contributed by atoms with E-state index >= 15 is 0 Å². The van der Waals surface area contributed by atoms with Gasteiger partial charge < -0.3 is 15.2 Å². The van der Waals surface area contributed by atoms with E-state index in [2.05, 4.69) is 42.0 Å². The molecule has 1 aromatic carbocycles. The van der Waals surface area contributed by atoms with E-state index in [1.54, 1.807) is 0 Å². The second kappa shape index (κ2) is 10.8. The van der Waals surface area contributed by atoms with Crippen molar-refractivity contribution in [1.82, 2.24) is 10.3 Å². The zero-order chi connectivity index (χ0) is 23.3. The second-order valence-electron chi connectivity index (χ2n) is 9.24. The molecule has 0 bridgehead atoms. The Kier molecular flexibility index (Phi) is 8.16. The van der Waals surface area contributed by atoms with Gasteiger partial charge >= 0.3 is 0 Å². The summed E-state index contributed by atoms with van der Waals surface area (Å²) in [6, 6.07) is 6.83. The molecule has 3 rings (SSSR count). The van der Waals surface area contributed by atoms with Crippen molar-refractivity contribution in [2.75, 3.05) is 11.4 Å². The molecule has 2 aromatic rings. The number of aromatic amines is 1. The van der Waals surface area contributed by atoms with Crippen molar-refractivity contribution in [3.05, 3.63) is 62.1 Å². The summed E-state index contributed by atoms with van der Waals surface area (Å²) in [7, 11) is 0. The van der Waals surface area contributed by atoms with Gasteiger partial charge in [-0.05, 0) is 81.8 Å². The highest BCUT2D eigenvalue weighted by Crippen LogP contribution is 2.32. The molecular weight excluding hydrogens is 398 g/mol. The fourth-order valence-corrected chi connectivity index (χ4v) is 5.11. The molecule has 1 fully saturated rings. The Hall–Kier alpha value is -2.56. The Labute approximate surface area is 192 Å². The number of amides is 1. The van der Waals surface area contributed by atoms with E-state index in [1.807, 2.05) is 26.0 Å². The number of aryl methyl sites for hydroxylation is 3. The standard InChI is InChI=1S/C27H39N3O2/c1-6-11-21-15-23(26(31)28-17-24-18(3)14-19(4)29-27(24)32)20(5)25(16-21)30(7-2)22-12-9-8-10-13-22/h14-16,22H,6-13,17H2,1-5H3,(H,28,31)(H,29,32). The van der Waals surface area contributed by atoms with Gasteiger partial charge in [0.15, 0.2) is 0 Å². The third-order valence-electron chi connectivity index (χ3n) is 6.81. The van der Waals surface area contributed by atoms with Gasteiger partial charge in [0.1, 0.15) is 0 Å². The van der Waals surface area contributed by atoms with Crippen LogP contribution >= 0.6 is 0 Å². The summed E-state index contributed by atoms with van der Waals surface area (Å²) in [6.45, 7) is 11.4. The number of pyridine rings is 1. The number of rotatable bonds is 8. The highest BCUT2D eigenvalue weighted by molar-refractivity contribution is 5.97. The molecule has 0 atom stereocenters. The van der Waals surface area contributed by atoms with Crippen LogP contribution in [0.5, 0.6) is 0 Å². The van der Waals surface area contributed by atoms with Crippen LogP contribution < -0.4 is 15.8 Å². The number of H-pyrrole nitrogens is 1. The maximum atomic E-state index is 13.3. The van der Waals surface area contributed by atoms with Crippen LogP contribution in [0.4, 0.5) is 5.69 Å². The van der Waals surface area contributed by atoms with E-state index in [0.717, 1.165) is 41.8 Å².